The predicted octanol–water partition coefficient (Wildman–Crippen LogP) is 2.90. The molecule has 2 aromatic carbocycles. The van der Waals surface area contributed by atoms with Gasteiger partial charge in [-0.25, -0.2) is 4.39 Å². The standard InChI is InChI=1S/C16H17BrFNO2/c17-12-7-13(18)9-14(8-12)21-10-16(20)15(19)6-11-4-2-1-3-5-11/h1-5,7-9,15-16,20H,6,10,19H2. The minimum Gasteiger partial charge on any atom is -0.491 e. The topological polar surface area (TPSA) is 55.5 Å². The van der Waals surface area contributed by atoms with Gasteiger partial charge in [-0.05, 0) is 24.1 Å². The van der Waals surface area contributed by atoms with E-state index in [0.717, 1.165) is 5.56 Å². The van der Waals surface area contributed by atoms with Gasteiger partial charge in [-0.1, -0.05) is 46.3 Å². The van der Waals surface area contributed by atoms with Gasteiger partial charge >= 0.3 is 0 Å². The van der Waals surface area contributed by atoms with Crippen molar-refractivity contribution in [3.8, 4) is 5.75 Å². The van der Waals surface area contributed by atoms with Crippen LogP contribution in [0.5, 0.6) is 5.75 Å². The van der Waals surface area contributed by atoms with Gasteiger partial charge in [-0.2, -0.15) is 0 Å². The number of benzene rings is 2. The Labute approximate surface area is 131 Å². The maximum absolute atomic E-state index is 13.2. The van der Waals surface area contributed by atoms with Crippen molar-refractivity contribution in [3.63, 3.8) is 0 Å². The number of ether oxygens (including phenoxy) is 1. The van der Waals surface area contributed by atoms with E-state index in [2.05, 4.69) is 15.9 Å². The third-order valence-corrected chi connectivity index (χ3v) is 3.52. The van der Waals surface area contributed by atoms with Crippen LogP contribution in [0, 0.1) is 5.82 Å². The van der Waals surface area contributed by atoms with Crippen molar-refractivity contribution in [3.05, 3.63) is 64.4 Å². The normalized spacial score (nSPS) is 13.7. The van der Waals surface area contributed by atoms with Gasteiger partial charge in [0.05, 0.1) is 0 Å². The molecule has 2 aromatic rings. The second-order valence-electron chi connectivity index (χ2n) is 4.84. The molecule has 0 heterocycles. The fourth-order valence-electron chi connectivity index (χ4n) is 1.94. The van der Waals surface area contributed by atoms with E-state index >= 15 is 0 Å². The van der Waals surface area contributed by atoms with E-state index in [-0.39, 0.29) is 6.61 Å². The van der Waals surface area contributed by atoms with Gasteiger partial charge in [0.15, 0.2) is 0 Å². The van der Waals surface area contributed by atoms with Crippen molar-refractivity contribution in [2.24, 2.45) is 5.73 Å². The van der Waals surface area contributed by atoms with Gasteiger partial charge in [-0.3, -0.25) is 0 Å². The average Bonchev–Trinajstić information content (AvgIpc) is 2.44. The van der Waals surface area contributed by atoms with E-state index in [1.54, 1.807) is 6.07 Å². The van der Waals surface area contributed by atoms with Gasteiger partial charge in [-0.15, -0.1) is 0 Å². The Balaban J connectivity index is 1.87. The second kappa shape index (κ2) is 7.54. The molecule has 0 aromatic heterocycles. The number of halogens is 2. The summed E-state index contributed by atoms with van der Waals surface area (Å²) in [5.74, 6) is -0.0460. The molecule has 3 nitrogen and oxygen atoms in total. The molecule has 5 heteroatoms. The van der Waals surface area contributed by atoms with Crippen LogP contribution in [0.1, 0.15) is 5.56 Å². The summed E-state index contributed by atoms with van der Waals surface area (Å²) in [6.07, 6.45) is -0.273. The molecule has 0 fully saturated rings. The van der Waals surface area contributed by atoms with Gasteiger partial charge in [0, 0.05) is 16.6 Å². The maximum Gasteiger partial charge on any atom is 0.128 e. The SMILES string of the molecule is NC(Cc1ccccc1)C(O)COc1cc(F)cc(Br)c1. The summed E-state index contributed by atoms with van der Waals surface area (Å²) < 4.78 is 19.2. The number of aliphatic hydroxyl groups is 1. The maximum atomic E-state index is 13.2. The summed E-state index contributed by atoms with van der Waals surface area (Å²) in [6, 6.07) is 13.5. The van der Waals surface area contributed by atoms with Gasteiger partial charge in [0.2, 0.25) is 0 Å². The van der Waals surface area contributed by atoms with Crippen LogP contribution < -0.4 is 10.5 Å². The van der Waals surface area contributed by atoms with E-state index in [0.29, 0.717) is 16.6 Å². The monoisotopic (exact) mass is 353 g/mol. The first kappa shape index (κ1) is 15.9. The highest BCUT2D eigenvalue weighted by molar-refractivity contribution is 9.10. The zero-order chi connectivity index (χ0) is 15.2. The largest absolute Gasteiger partial charge is 0.491 e. The Morgan fingerprint density at radius 2 is 1.90 bits per heavy atom. The number of nitrogens with two attached hydrogens (primary N) is 1. The van der Waals surface area contributed by atoms with Crippen LogP contribution in [0.15, 0.2) is 53.0 Å². The third-order valence-electron chi connectivity index (χ3n) is 3.07. The lowest BCUT2D eigenvalue weighted by molar-refractivity contribution is 0.0849. The highest BCUT2D eigenvalue weighted by atomic mass is 79.9. The fourth-order valence-corrected chi connectivity index (χ4v) is 2.38. The van der Waals surface area contributed by atoms with E-state index in [1.807, 2.05) is 30.3 Å². The first-order valence-corrected chi connectivity index (χ1v) is 7.40. The average molecular weight is 354 g/mol. The van der Waals surface area contributed by atoms with Crippen LogP contribution in [0.3, 0.4) is 0 Å². The van der Waals surface area contributed by atoms with Crippen LogP contribution in [-0.2, 0) is 6.42 Å². The molecular formula is C16H17BrFNO2. The third kappa shape index (κ3) is 5.12. The molecule has 0 bridgehead atoms. The fraction of sp³-hybridized carbons (Fsp3) is 0.250. The van der Waals surface area contributed by atoms with E-state index < -0.39 is 18.0 Å². The van der Waals surface area contributed by atoms with Crippen molar-refractivity contribution < 1.29 is 14.2 Å². The lowest BCUT2D eigenvalue weighted by Crippen LogP contribution is -2.40. The molecule has 0 aliphatic carbocycles. The molecule has 21 heavy (non-hydrogen) atoms. The first-order valence-electron chi connectivity index (χ1n) is 6.61. The summed E-state index contributed by atoms with van der Waals surface area (Å²) in [5.41, 5.74) is 7.01. The molecule has 2 rings (SSSR count). The van der Waals surface area contributed by atoms with Crippen LogP contribution in [0.4, 0.5) is 4.39 Å². The summed E-state index contributed by atoms with van der Waals surface area (Å²) >= 11 is 3.19. The highest BCUT2D eigenvalue weighted by Gasteiger charge is 2.16. The molecule has 3 N–H and O–H groups in total. The molecule has 0 aliphatic heterocycles. The van der Waals surface area contributed by atoms with Crippen molar-refractivity contribution in [2.45, 2.75) is 18.6 Å². The van der Waals surface area contributed by atoms with E-state index in [1.165, 1.54) is 12.1 Å². The highest BCUT2D eigenvalue weighted by Crippen LogP contribution is 2.20. The van der Waals surface area contributed by atoms with Crippen LogP contribution in [0.2, 0.25) is 0 Å². The zero-order valence-electron chi connectivity index (χ0n) is 11.4. The number of hydrogen-bond acceptors (Lipinski definition) is 3. The van der Waals surface area contributed by atoms with Crippen LogP contribution >= 0.6 is 15.9 Å². The smallest absolute Gasteiger partial charge is 0.128 e. The minimum absolute atomic E-state index is 0.0178. The van der Waals surface area contributed by atoms with E-state index in [4.69, 9.17) is 10.5 Å². The van der Waals surface area contributed by atoms with Crippen molar-refractivity contribution in [1.82, 2.24) is 0 Å². The molecule has 2 unspecified atom stereocenters. The Kier molecular flexibility index (Phi) is 5.73. The summed E-state index contributed by atoms with van der Waals surface area (Å²) in [6.45, 7) is 0.0178. The number of aliphatic hydroxyl groups excluding tert-OH is 1. The lowest BCUT2D eigenvalue weighted by Gasteiger charge is -2.19. The van der Waals surface area contributed by atoms with Crippen LogP contribution in [0.25, 0.3) is 0 Å². The Hall–Kier alpha value is -1.43. The molecule has 0 saturated heterocycles. The molecule has 0 spiro atoms. The van der Waals surface area contributed by atoms with E-state index in [9.17, 15) is 9.50 Å². The molecule has 0 aliphatic rings. The first-order chi connectivity index (χ1) is 10.0. The molecule has 0 saturated carbocycles. The Bertz CT molecular complexity index is 559. The second-order valence-corrected chi connectivity index (χ2v) is 5.75. The van der Waals surface area contributed by atoms with Crippen molar-refractivity contribution in [2.75, 3.05) is 6.61 Å². The zero-order valence-corrected chi connectivity index (χ0v) is 13.0. The van der Waals surface area contributed by atoms with Crippen molar-refractivity contribution >= 4 is 15.9 Å². The number of rotatable bonds is 6. The Morgan fingerprint density at radius 1 is 1.19 bits per heavy atom. The lowest BCUT2D eigenvalue weighted by atomic mass is 10.0. The van der Waals surface area contributed by atoms with Crippen LogP contribution in [-0.4, -0.2) is 23.9 Å². The molecule has 0 amide bonds. The summed E-state index contributed by atoms with van der Waals surface area (Å²) in [4.78, 5) is 0. The molecule has 112 valence electrons. The molecule has 0 radical (unpaired) electrons. The summed E-state index contributed by atoms with van der Waals surface area (Å²) in [7, 11) is 0. The number of hydrogen-bond donors (Lipinski definition) is 2. The van der Waals surface area contributed by atoms with Gasteiger partial charge in [0.1, 0.15) is 24.3 Å². The summed E-state index contributed by atoms with van der Waals surface area (Å²) in [5, 5.41) is 10.0. The minimum atomic E-state index is -0.827. The van der Waals surface area contributed by atoms with Crippen molar-refractivity contribution in [1.29, 1.82) is 0 Å². The molecular weight excluding hydrogens is 337 g/mol. The van der Waals surface area contributed by atoms with Gasteiger partial charge in [0.25, 0.3) is 0 Å². The Morgan fingerprint density at radius 3 is 2.57 bits per heavy atom. The molecule has 2 atom stereocenters. The quantitative estimate of drug-likeness (QED) is 0.839. The van der Waals surface area contributed by atoms with Gasteiger partial charge < -0.3 is 15.6 Å². The predicted molar refractivity (Wildman–Crippen MR) is 83.7 cm³/mol.